The van der Waals surface area contributed by atoms with Crippen molar-refractivity contribution in [3.63, 3.8) is 0 Å². The molecule has 0 aromatic carbocycles. The third kappa shape index (κ3) is 4.74. The summed E-state index contributed by atoms with van der Waals surface area (Å²) >= 11 is 0. The fraction of sp³-hybridized carbons (Fsp3) is 0.526. The Kier molecular flexibility index (Phi) is 6.01. The first-order chi connectivity index (χ1) is 14.8. The number of aryl methyl sites for hydroxylation is 1. The Morgan fingerprint density at radius 3 is 2.32 bits per heavy atom. The van der Waals surface area contributed by atoms with Gasteiger partial charge in [0.05, 0.1) is 5.75 Å². The second-order valence-electron chi connectivity index (χ2n) is 7.58. The molecule has 2 fully saturated rings. The van der Waals surface area contributed by atoms with E-state index in [9.17, 15) is 18.0 Å². The van der Waals surface area contributed by atoms with Gasteiger partial charge in [-0.25, -0.2) is 23.1 Å². The van der Waals surface area contributed by atoms with Crippen molar-refractivity contribution in [1.29, 1.82) is 0 Å². The van der Waals surface area contributed by atoms with E-state index in [2.05, 4.69) is 15.1 Å². The quantitative estimate of drug-likeness (QED) is 0.566. The van der Waals surface area contributed by atoms with Gasteiger partial charge in [-0.05, 0) is 19.4 Å². The molecule has 4 rings (SSSR count). The molecule has 0 spiro atoms. The normalized spacial score (nSPS) is 18.6. The van der Waals surface area contributed by atoms with Crippen molar-refractivity contribution in [3.05, 3.63) is 30.4 Å². The van der Waals surface area contributed by atoms with Gasteiger partial charge in [-0.1, -0.05) is 0 Å². The highest BCUT2D eigenvalue weighted by Crippen LogP contribution is 2.19. The second kappa shape index (κ2) is 8.71. The Hall–Kier alpha value is -2.86. The molecular formula is C19H25N7O4S. The molecule has 2 saturated heterocycles. The predicted molar refractivity (Wildman–Crippen MR) is 112 cm³/mol. The molecular weight excluding hydrogens is 422 g/mol. The van der Waals surface area contributed by atoms with Crippen molar-refractivity contribution < 1.29 is 18.0 Å². The summed E-state index contributed by atoms with van der Waals surface area (Å²) in [4.78, 5) is 35.8. The van der Waals surface area contributed by atoms with Crippen LogP contribution in [0.1, 0.15) is 25.1 Å². The number of amides is 2. The highest BCUT2D eigenvalue weighted by Gasteiger charge is 2.31. The maximum absolute atomic E-state index is 12.8. The molecule has 12 heteroatoms. The lowest BCUT2D eigenvalue weighted by Crippen LogP contribution is -2.51. The van der Waals surface area contributed by atoms with Gasteiger partial charge in [0.25, 0.3) is 0 Å². The lowest BCUT2D eigenvalue weighted by molar-refractivity contribution is -0.147. The third-order valence-corrected chi connectivity index (χ3v) is 7.31. The van der Waals surface area contributed by atoms with Gasteiger partial charge in [-0.2, -0.15) is 9.40 Å². The van der Waals surface area contributed by atoms with Crippen LogP contribution in [-0.2, 0) is 19.6 Å². The number of anilines is 1. The number of imide groups is 1. The lowest BCUT2D eigenvalue weighted by atomic mass is 10.1. The summed E-state index contributed by atoms with van der Waals surface area (Å²) < 4.78 is 28.6. The molecule has 0 atom stereocenters. The van der Waals surface area contributed by atoms with E-state index < -0.39 is 10.0 Å². The molecule has 2 aliphatic heterocycles. The summed E-state index contributed by atoms with van der Waals surface area (Å²) in [6.07, 6.45) is 4.60. The number of carbonyl (C=O) groups excluding carboxylic acids is 2. The number of sulfonamides is 1. The zero-order valence-corrected chi connectivity index (χ0v) is 18.2. The van der Waals surface area contributed by atoms with E-state index in [0.717, 1.165) is 10.7 Å². The monoisotopic (exact) mass is 447 g/mol. The van der Waals surface area contributed by atoms with Gasteiger partial charge >= 0.3 is 0 Å². The summed E-state index contributed by atoms with van der Waals surface area (Å²) in [7, 11) is -3.57. The van der Waals surface area contributed by atoms with Crippen LogP contribution in [0.4, 0.5) is 5.82 Å². The largest absolute Gasteiger partial charge is 0.354 e. The lowest BCUT2D eigenvalue weighted by Gasteiger charge is -2.35. The van der Waals surface area contributed by atoms with Crippen LogP contribution in [0.2, 0.25) is 0 Å². The summed E-state index contributed by atoms with van der Waals surface area (Å²) in [5.41, 5.74) is 0. The van der Waals surface area contributed by atoms with Crippen LogP contribution in [0.25, 0.3) is 5.82 Å². The van der Waals surface area contributed by atoms with Crippen LogP contribution in [0.5, 0.6) is 0 Å². The van der Waals surface area contributed by atoms with Crippen molar-refractivity contribution >= 4 is 27.7 Å². The smallest absolute Gasteiger partial charge is 0.229 e. The van der Waals surface area contributed by atoms with Gasteiger partial charge in [0.2, 0.25) is 21.8 Å². The van der Waals surface area contributed by atoms with Crippen molar-refractivity contribution in [3.8, 4) is 5.82 Å². The molecule has 0 aliphatic carbocycles. The van der Waals surface area contributed by atoms with Gasteiger partial charge in [-0.15, -0.1) is 0 Å². The molecule has 2 aliphatic rings. The molecule has 0 bridgehead atoms. The number of nitrogens with zero attached hydrogens (tertiary/aromatic N) is 7. The Morgan fingerprint density at radius 1 is 1.00 bits per heavy atom. The number of rotatable bonds is 6. The zero-order valence-electron chi connectivity index (χ0n) is 17.3. The predicted octanol–water partition coefficient (Wildman–Crippen LogP) is -0.0384. The Morgan fingerprint density at radius 2 is 1.68 bits per heavy atom. The number of likely N-dealkylation sites (tertiary alicyclic amines) is 1. The van der Waals surface area contributed by atoms with E-state index in [1.165, 1.54) is 4.31 Å². The minimum atomic E-state index is -3.57. The molecule has 31 heavy (non-hydrogen) atoms. The van der Waals surface area contributed by atoms with Crippen molar-refractivity contribution in [2.45, 2.75) is 26.2 Å². The molecule has 2 aromatic rings. The van der Waals surface area contributed by atoms with Crippen LogP contribution in [0.3, 0.4) is 0 Å². The average Bonchev–Trinajstić information content (AvgIpc) is 3.28. The highest BCUT2D eigenvalue weighted by molar-refractivity contribution is 7.89. The first-order valence-corrected chi connectivity index (χ1v) is 11.9. The molecule has 0 radical (unpaired) electrons. The van der Waals surface area contributed by atoms with Gasteiger partial charge in [0.1, 0.15) is 11.6 Å². The SMILES string of the molecule is Cc1nc(N2CCN(S(=O)(=O)CCN3C(=O)CCCC3=O)CC2)cc(-n2cccn2)n1. The van der Waals surface area contributed by atoms with E-state index in [-0.39, 0.29) is 24.1 Å². The van der Waals surface area contributed by atoms with Gasteiger partial charge in [0.15, 0.2) is 5.82 Å². The fourth-order valence-electron chi connectivity index (χ4n) is 3.80. The minimum Gasteiger partial charge on any atom is -0.354 e. The first kappa shape index (κ1) is 21.4. The van der Waals surface area contributed by atoms with E-state index in [1.54, 1.807) is 24.0 Å². The Labute approximate surface area is 180 Å². The van der Waals surface area contributed by atoms with Crippen molar-refractivity contribution in [1.82, 2.24) is 29.0 Å². The van der Waals surface area contributed by atoms with Crippen molar-refractivity contribution in [2.24, 2.45) is 0 Å². The zero-order chi connectivity index (χ0) is 22.0. The van der Waals surface area contributed by atoms with Crippen LogP contribution in [-0.4, -0.2) is 87.7 Å². The summed E-state index contributed by atoms with van der Waals surface area (Å²) in [6, 6.07) is 3.64. The maximum Gasteiger partial charge on any atom is 0.229 e. The van der Waals surface area contributed by atoms with E-state index in [0.29, 0.717) is 57.1 Å². The third-order valence-electron chi connectivity index (χ3n) is 5.46. The van der Waals surface area contributed by atoms with E-state index >= 15 is 0 Å². The van der Waals surface area contributed by atoms with Gasteiger partial charge in [0, 0.05) is 64.0 Å². The summed E-state index contributed by atoms with van der Waals surface area (Å²) in [6.45, 7) is 3.30. The van der Waals surface area contributed by atoms with Crippen molar-refractivity contribution in [2.75, 3.05) is 43.4 Å². The number of hydrogen-bond donors (Lipinski definition) is 0. The van der Waals surface area contributed by atoms with Gasteiger partial charge < -0.3 is 4.90 Å². The van der Waals surface area contributed by atoms with Gasteiger partial charge in [-0.3, -0.25) is 14.5 Å². The maximum atomic E-state index is 12.8. The number of piperidine rings is 1. The Balaban J connectivity index is 1.38. The van der Waals surface area contributed by atoms with E-state index in [1.807, 2.05) is 17.0 Å². The molecule has 2 amide bonds. The number of hydrogen-bond acceptors (Lipinski definition) is 8. The topological polar surface area (TPSA) is 122 Å². The number of aromatic nitrogens is 4. The first-order valence-electron chi connectivity index (χ1n) is 10.3. The molecule has 0 saturated carbocycles. The minimum absolute atomic E-state index is 0.0848. The summed E-state index contributed by atoms with van der Waals surface area (Å²) in [5, 5.41) is 4.20. The molecule has 166 valence electrons. The van der Waals surface area contributed by atoms with Crippen LogP contribution < -0.4 is 4.90 Å². The molecule has 0 unspecified atom stereocenters. The molecule has 4 heterocycles. The van der Waals surface area contributed by atoms with Crippen LogP contribution in [0, 0.1) is 6.92 Å². The van der Waals surface area contributed by atoms with E-state index in [4.69, 9.17) is 0 Å². The molecule has 2 aromatic heterocycles. The highest BCUT2D eigenvalue weighted by atomic mass is 32.2. The second-order valence-corrected chi connectivity index (χ2v) is 9.67. The average molecular weight is 448 g/mol. The Bertz CT molecular complexity index is 1050. The van der Waals surface area contributed by atoms with Crippen LogP contribution in [0.15, 0.2) is 24.5 Å². The number of carbonyl (C=O) groups is 2. The standard InChI is InChI=1S/C19H25N7O4S/c1-15-21-16(14-17(22-15)26-7-3-6-20-26)23-8-10-24(11-9-23)31(29,30)13-12-25-18(27)4-2-5-19(25)28/h3,6-7,14H,2,4-5,8-13H2,1H3. The molecule has 0 N–H and O–H groups in total. The fourth-order valence-corrected chi connectivity index (χ4v) is 5.19. The summed E-state index contributed by atoms with van der Waals surface area (Å²) in [5.74, 6) is 1.15. The van der Waals surface area contributed by atoms with Crippen LogP contribution >= 0.6 is 0 Å². The number of piperazine rings is 1. The molecule has 11 nitrogen and oxygen atoms in total.